The summed E-state index contributed by atoms with van der Waals surface area (Å²) >= 11 is 0. The quantitative estimate of drug-likeness (QED) is 0.0749. The van der Waals surface area contributed by atoms with Gasteiger partial charge in [0.05, 0.1) is 26.2 Å². The van der Waals surface area contributed by atoms with Crippen LogP contribution in [0.3, 0.4) is 0 Å². The fraction of sp³-hybridized carbons (Fsp3) is 0.833. The van der Waals surface area contributed by atoms with Gasteiger partial charge in [-0.15, -0.1) is 0 Å². The minimum absolute atomic E-state index is 0.146. The number of ether oxygens (including phenoxy) is 1. The number of nitrogens with one attached hydrogen (secondary N) is 4. The lowest BCUT2D eigenvalue weighted by atomic mass is 9.98. The molecule has 0 saturated carbocycles. The van der Waals surface area contributed by atoms with Gasteiger partial charge in [-0.05, 0) is 12.8 Å². The van der Waals surface area contributed by atoms with E-state index in [2.05, 4.69) is 21.3 Å². The van der Waals surface area contributed by atoms with E-state index in [1.165, 1.54) is 0 Å². The van der Waals surface area contributed by atoms with Gasteiger partial charge in [0.15, 0.2) is 6.23 Å². The maximum atomic E-state index is 12.1. The first-order valence-electron chi connectivity index (χ1n) is 13.3. The van der Waals surface area contributed by atoms with Crippen LogP contribution in [-0.2, 0) is 23.9 Å². The van der Waals surface area contributed by atoms with Crippen LogP contribution in [0.1, 0.15) is 64.2 Å². The number of carbonyl (C=O) groups is 4. The van der Waals surface area contributed by atoms with Gasteiger partial charge >= 0.3 is 0 Å². The number of hydrogen-bond acceptors (Lipinski definition) is 10. The van der Waals surface area contributed by atoms with Crippen molar-refractivity contribution >= 4 is 23.6 Å². The molecule has 0 unspecified atom stereocenters. The number of carbonyl (C=O) groups excluding carboxylic acids is 4. The summed E-state index contributed by atoms with van der Waals surface area (Å²) in [5.41, 5.74) is 5.12. The summed E-state index contributed by atoms with van der Waals surface area (Å²) in [6.45, 7) is -0.580. The first kappa shape index (κ1) is 33.7. The average molecular weight is 548 g/mol. The first-order chi connectivity index (χ1) is 18.2. The topological polar surface area (TPSA) is 233 Å². The van der Waals surface area contributed by atoms with Crippen molar-refractivity contribution < 1.29 is 44.3 Å². The van der Waals surface area contributed by atoms with Crippen molar-refractivity contribution in [3.63, 3.8) is 0 Å². The van der Waals surface area contributed by atoms with Crippen molar-refractivity contribution in [3.05, 3.63) is 0 Å². The molecule has 1 saturated heterocycles. The van der Waals surface area contributed by atoms with Crippen molar-refractivity contribution in [2.75, 3.05) is 32.8 Å². The van der Waals surface area contributed by atoms with Gasteiger partial charge < -0.3 is 52.2 Å². The molecule has 38 heavy (non-hydrogen) atoms. The molecule has 5 atom stereocenters. The molecule has 0 aromatic carbocycles. The maximum absolute atomic E-state index is 12.1. The minimum atomic E-state index is -1.52. The number of aliphatic hydroxyl groups is 4. The zero-order valence-corrected chi connectivity index (χ0v) is 21.9. The smallest absolute Gasteiger partial charge is 0.239 e. The molecule has 1 aliphatic rings. The molecule has 14 nitrogen and oxygen atoms in total. The van der Waals surface area contributed by atoms with E-state index < -0.39 is 49.1 Å². The van der Waals surface area contributed by atoms with Gasteiger partial charge in [0.1, 0.15) is 24.4 Å². The Morgan fingerprint density at radius 1 is 0.658 bits per heavy atom. The van der Waals surface area contributed by atoms with Gasteiger partial charge in [-0.2, -0.15) is 0 Å². The number of aliphatic hydroxyl groups excluding tert-OH is 4. The van der Waals surface area contributed by atoms with E-state index in [0.717, 1.165) is 51.4 Å². The summed E-state index contributed by atoms with van der Waals surface area (Å²) in [5.74, 6) is -1.52. The number of amides is 4. The third-order valence-corrected chi connectivity index (χ3v) is 6.18. The summed E-state index contributed by atoms with van der Waals surface area (Å²) < 4.78 is 5.26. The molecule has 1 fully saturated rings. The maximum Gasteiger partial charge on any atom is 0.239 e. The normalized spacial score (nSPS) is 22.9. The second kappa shape index (κ2) is 19.7. The van der Waals surface area contributed by atoms with Crippen molar-refractivity contribution in [2.45, 2.75) is 94.9 Å². The Balaban J connectivity index is 1.94. The SMILES string of the molecule is NCC(=O)NCC(=O)NCC(=O)NCCCCCCCCCCCC(=O)N[C@H]1O[C@@H](CO)[C@H](O)[C@@H](O)[C@@H]1O. The standard InChI is InChI=1S/C24H45N5O9/c25-12-18(32)27-14-20(34)28-13-19(33)26-11-9-7-5-3-1-2-4-6-8-10-17(31)29-24-23(37)22(36)21(35)16(15-30)38-24/h16,21-24,30,35-37H,1-15,25H2,(H,26,33)(H,27,32)(H,28,34)(H,29,31)/t16-,21-,22+,23-,24-/m0/s1. The molecule has 0 aromatic rings. The zero-order valence-electron chi connectivity index (χ0n) is 21.9. The van der Waals surface area contributed by atoms with Crippen molar-refractivity contribution in [2.24, 2.45) is 5.73 Å². The number of unbranched alkanes of at least 4 members (excludes halogenated alkanes) is 8. The highest BCUT2D eigenvalue weighted by Crippen LogP contribution is 2.20. The van der Waals surface area contributed by atoms with Crippen LogP contribution in [-0.4, -0.2) is 107 Å². The molecule has 220 valence electrons. The van der Waals surface area contributed by atoms with Gasteiger partial charge in [-0.3, -0.25) is 19.2 Å². The van der Waals surface area contributed by atoms with Gasteiger partial charge in [0, 0.05) is 13.0 Å². The largest absolute Gasteiger partial charge is 0.394 e. The van der Waals surface area contributed by atoms with Crippen molar-refractivity contribution in [3.8, 4) is 0 Å². The van der Waals surface area contributed by atoms with E-state index in [1.54, 1.807) is 0 Å². The van der Waals surface area contributed by atoms with Gasteiger partial charge in [-0.1, -0.05) is 44.9 Å². The lowest BCUT2D eigenvalue weighted by molar-refractivity contribution is -0.236. The van der Waals surface area contributed by atoms with Crippen LogP contribution in [0.15, 0.2) is 0 Å². The molecule has 0 aliphatic carbocycles. The highest BCUT2D eigenvalue weighted by atomic mass is 16.6. The zero-order chi connectivity index (χ0) is 28.3. The predicted octanol–water partition coefficient (Wildman–Crippen LogP) is -2.89. The summed E-state index contributed by atoms with van der Waals surface area (Å²) in [5, 5.41) is 48.6. The van der Waals surface area contributed by atoms with Crippen LogP contribution >= 0.6 is 0 Å². The Hall–Kier alpha value is -2.36. The molecule has 4 amide bonds. The van der Waals surface area contributed by atoms with E-state index in [9.17, 15) is 39.6 Å². The third-order valence-electron chi connectivity index (χ3n) is 6.18. The number of hydrogen-bond donors (Lipinski definition) is 9. The van der Waals surface area contributed by atoms with Crippen LogP contribution in [0.5, 0.6) is 0 Å². The van der Waals surface area contributed by atoms with E-state index in [-0.39, 0.29) is 37.9 Å². The number of rotatable bonds is 19. The molecule has 1 heterocycles. The van der Waals surface area contributed by atoms with Crippen LogP contribution in [0.4, 0.5) is 0 Å². The molecule has 10 N–H and O–H groups in total. The van der Waals surface area contributed by atoms with Crippen LogP contribution in [0, 0.1) is 0 Å². The van der Waals surface area contributed by atoms with Gasteiger partial charge in [0.2, 0.25) is 23.6 Å². The Kier molecular flexibility index (Phi) is 17.4. The minimum Gasteiger partial charge on any atom is -0.394 e. The van der Waals surface area contributed by atoms with E-state index in [4.69, 9.17) is 10.5 Å². The van der Waals surface area contributed by atoms with Gasteiger partial charge in [-0.25, -0.2) is 0 Å². The van der Waals surface area contributed by atoms with Crippen LogP contribution in [0.25, 0.3) is 0 Å². The summed E-state index contributed by atoms with van der Waals surface area (Å²) in [6, 6.07) is 0. The average Bonchev–Trinajstić information content (AvgIpc) is 2.91. The monoisotopic (exact) mass is 547 g/mol. The molecule has 0 spiro atoms. The second-order valence-corrected chi connectivity index (χ2v) is 9.36. The predicted molar refractivity (Wildman–Crippen MR) is 136 cm³/mol. The Morgan fingerprint density at radius 2 is 1.18 bits per heavy atom. The fourth-order valence-electron chi connectivity index (χ4n) is 3.88. The lowest BCUT2D eigenvalue weighted by Crippen LogP contribution is -2.63. The molecule has 0 radical (unpaired) electrons. The third kappa shape index (κ3) is 14.0. The fourth-order valence-corrected chi connectivity index (χ4v) is 3.88. The van der Waals surface area contributed by atoms with E-state index in [0.29, 0.717) is 13.0 Å². The molecular formula is C24H45N5O9. The molecule has 1 aliphatic heterocycles. The molecule has 1 rings (SSSR count). The Labute approximate surface area is 223 Å². The highest BCUT2D eigenvalue weighted by Gasteiger charge is 2.43. The van der Waals surface area contributed by atoms with Crippen LogP contribution < -0.4 is 27.0 Å². The molecule has 0 aromatic heterocycles. The van der Waals surface area contributed by atoms with E-state index in [1.807, 2.05) is 0 Å². The molecular weight excluding hydrogens is 502 g/mol. The summed E-state index contributed by atoms with van der Waals surface area (Å²) in [7, 11) is 0. The highest BCUT2D eigenvalue weighted by molar-refractivity contribution is 5.88. The molecule has 14 heteroatoms. The lowest BCUT2D eigenvalue weighted by Gasteiger charge is -2.40. The van der Waals surface area contributed by atoms with E-state index >= 15 is 0 Å². The summed E-state index contributed by atoms with van der Waals surface area (Å²) in [6.07, 6.45) is 2.17. The van der Waals surface area contributed by atoms with Crippen molar-refractivity contribution in [1.82, 2.24) is 21.3 Å². The van der Waals surface area contributed by atoms with Gasteiger partial charge in [0.25, 0.3) is 0 Å². The second-order valence-electron chi connectivity index (χ2n) is 9.36. The Morgan fingerprint density at radius 3 is 1.76 bits per heavy atom. The summed E-state index contributed by atoms with van der Waals surface area (Å²) in [4.78, 5) is 46.2. The van der Waals surface area contributed by atoms with Crippen molar-refractivity contribution in [1.29, 1.82) is 0 Å². The van der Waals surface area contributed by atoms with Crippen LogP contribution in [0.2, 0.25) is 0 Å². The number of nitrogens with two attached hydrogens (primary N) is 1. The Bertz CT molecular complexity index is 725. The first-order valence-corrected chi connectivity index (χ1v) is 13.3. The molecule has 0 bridgehead atoms.